The average molecular weight is 344 g/mol. The van der Waals surface area contributed by atoms with Gasteiger partial charge in [-0.05, 0) is 31.5 Å². The van der Waals surface area contributed by atoms with Crippen molar-refractivity contribution in [2.75, 3.05) is 40.0 Å². The van der Waals surface area contributed by atoms with Gasteiger partial charge in [-0.3, -0.25) is 0 Å². The topological polar surface area (TPSA) is 77.1 Å². The molecule has 1 fully saturated rings. The Labute approximate surface area is 137 Å². The number of morpholine rings is 1. The van der Waals surface area contributed by atoms with E-state index in [-0.39, 0.29) is 6.04 Å². The van der Waals surface area contributed by atoms with Crippen LogP contribution < -0.4 is 14.2 Å². The lowest BCUT2D eigenvalue weighted by Crippen LogP contribution is -2.47. The number of rotatable bonds is 7. The number of nitrogens with one attached hydrogen (secondary N) is 1. The Morgan fingerprint density at radius 2 is 2.00 bits per heavy atom. The Hall–Kier alpha value is -1.35. The van der Waals surface area contributed by atoms with Gasteiger partial charge in [0.15, 0.2) is 11.5 Å². The van der Waals surface area contributed by atoms with E-state index in [4.69, 9.17) is 14.2 Å². The summed E-state index contributed by atoms with van der Waals surface area (Å²) in [6.07, 6.45) is 0. The SMILES string of the molecule is CCOc1ccc([C@H](C)NS(=O)(=O)N2CCOCC2)cc1OC. The summed E-state index contributed by atoms with van der Waals surface area (Å²) in [6.45, 7) is 5.82. The number of benzene rings is 1. The van der Waals surface area contributed by atoms with Gasteiger partial charge in [-0.15, -0.1) is 0 Å². The maximum atomic E-state index is 12.4. The number of methoxy groups -OCH3 is 1. The van der Waals surface area contributed by atoms with E-state index >= 15 is 0 Å². The Kier molecular flexibility index (Phi) is 6.23. The maximum Gasteiger partial charge on any atom is 0.280 e. The van der Waals surface area contributed by atoms with Gasteiger partial charge in [0.05, 0.1) is 26.9 Å². The largest absolute Gasteiger partial charge is 0.493 e. The van der Waals surface area contributed by atoms with Crippen LogP contribution in [0.25, 0.3) is 0 Å². The third kappa shape index (κ3) is 4.57. The van der Waals surface area contributed by atoms with E-state index in [1.165, 1.54) is 4.31 Å². The third-order valence-corrected chi connectivity index (χ3v) is 5.32. The quantitative estimate of drug-likeness (QED) is 0.807. The van der Waals surface area contributed by atoms with Gasteiger partial charge in [0.1, 0.15) is 0 Å². The summed E-state index contributed by atoms with van der Waals surface area (Å²) < 4.78 is 44.9. The number of hydrogen-bond acceptors (Lipinski definition) is 5. The molecule has 1 atom stereocenters. The predicted molar refractivity (Wildman–Crippen MR) is 87.0 cm³/mol. The molecule has 0 aromatic heterocycles. The molecule has 0 amide bonds. The lowest BCUT2D eigenvalue weighted by Gasteiger charge is -2.28. The summed E-state index contributed by atoms with van der Waals surface area (Å²) in [5, 5.41) is 0. The molecule has 1 aliphatic rings. The van der Waals surface area contributed by atoms with Gasteiger partial charge in [-0.25, -0.2) is 0 Å². The van der Waals surface area contributed by atoms with Gasteiger partial charge in [0, 0.05) is 19.1 Å². The van der Waals surface area contributed by atoms with Crippen molar-refractivity contribution in [1.29, 1.82) is 0 Å². The molecule has 0 radical (unpaired) electrons. The first kappa shape index (κ1) is 18.0. The molecule has 130 valence electrons. The van der Waals surface area contributed by atoms with Crippen molar-refractivity contribution in [2.24, 2.45) is 0 Å². The van der Waals surface area contributed by atoms with Crippen molar-refractivity contribution in [3.63, 3.8) is 0 Å². The molecule has 1 aliphatic heterocycles. The zero-order valence-corrected chi connectivity index (χ0v) is 14.6. The van der Waals surface area contributed by atoms with Crippen molar-refractivity contribution in [3.05, 3.63) is 23.8 Å². The van der Waals surface area contributed by atoms with Crippen LogP contribution in [0.1, 0.15) is 25.5 Å². The van der Waals surface area contributed by atoms with Crippen molar-refractivity contribution in [2.45, 2.75) is 19.9 Å². The highest BCUT2D eigenvalue weighted by Gasteiger charge is 2.26. The number of ether oxygens (including phenoxy) is 3. The van der Waals surface area contributed by atoms with E-state index < -0.39 is 10.2 Å². The van der Waals surface area contributed by atoms with Crippen LogP contribution in [-0.4, -0.2) is 52.7 Å². The molecule has 0 unspecified atom stereocenters. The fraction of sp³-hybridized carbons (Fsp3) is 0.600. The Balaban J connectivity index is 2.11. The normalized spacial score (nSPS) is 17.7. The van der Waals surface area contributed by atoms with Crippen LogP contribution in [0.4, 0.5) is 0 Å². The van der Waals surface area contributed by atoms with E-state index in [9.17, 15) is 8.42 Å². The van der Waals surface area contributed by atoms with Gasteiger partial charge in [0.2, 0.25) is 0 Å². The third-order valence-electron chi connectivity index (χ3n) is 3.62. The molecule has 0 aliphatic carbocycles. The van der Waals surface area contributed by atoms with Crippen LogP contribution in [0.15, 0.2) is 18.2 Å². The van der Waals surface area contributed by atoms with Gasteiger partial charge in [0.25, 0.3) is 10.2 Å². The second-order valence-corrected chi connectivity index (χ2v) is 6.90. The average Bonchev–Trinajstić information content (AvgIpc) is 2.56. The van der Waals surface area contributed by atoms with Crippen LogP contribution in [0.2, 0.25) is 0 Å². The highest BCUT2D eigenvalue weighted by atomic mass is 32.2. The summed E-state index contributed by atoms with van der Waals surface area (Å²) in [6, 6.07) is 5.03. The van der Waals surface area contributed by atoms with Crippen LogP contribution in [0, 0.1) is 0 Å². The lowest BCUT2D eigenvalue weighted by atomic mass is 10.1. The lowest BCUT2D eigenvalue weighted by molar-refractivity contribution is 0.0723. The predicted octanol–water partition coefficient (Wildman–Crippen LogP) is 1.32. The van der Waals surface area contributed by atoms with E-state index in [1.54, 1.807) is 26.2 Å². The number of hydrogen-bond donors (Lipinski definition) is 1. The smallest absolute Gasteiger partial charge is 0.280 e. The molecule has 8 heteroatoms. The Morgan fingerprint density at radius 1 is 1.30 bits per heavy atom. The molecule has 0 spiro atoms. The minimum Gasteiger partial charge on any atom is -0.493 e. The highest BCUT2D eigenvalue weighted by Crippen LogP contribution is 2.30. The Morgan fingerprint density at radius 3 is 2.61 bits per heavy atom. The molecule has 23 heavy (non-hydrogen) atoms. The first-order chi connectivity index (χ1) is 11.0. The number of nitrogens with zero attached hydrogens (tertiary/aromatic N) is 1. The van der Waals surface area contributed by atoms with Crippen LogP contribution in [0.5, 0.6) is 11.5 Å². The highest BCUT2D eigenvalue weighted by molar-refractivity contribution is 7.87. The molecule has 2 rings (SSSR count). The molecule has 1 aromatic rings. The van der Waals surface area contributed by atoms with E-state index in [0.29, 0.717) is 44.4 Å². The van der Waals surface area contributed by atoms with Crippen molar-refractivity contribution in [1.82, 2.24) is 9.03 Å². The van der Waals surface area contributed by atoms with Crippen molar-refractivity contribution < 1.29 is 22.6 Å². The molecule has 0 bridgehead atoms. The molecular weight excluding hydrogens is 320 g/mol. The zero-order valence-electron chi connectivity index (χ0n) is 13.7. The first-order valence-electron chi connectivity index (χ1n) is 7.63. The van der Waals surface area contributed by atoms with Crippen LogP contribution in [-0.2, 0) is 14.9 Å². The molecular formula is C15H24N2O5S. The molecule has 1 N–H and O–H groups in total. The van der Waals surface area contributed by atoms with Gasteiger partial charge >= 0.3 is 0 Å². The molecule has 1 saturated heterocycles. The summed E-state index contributed by atoms with van der Waals surface area (Å²) in [4.78, 5) is 0. The standard InChI is InChI=1S/C15H24N2O5S/c1-4-22-14-6-5-13(11-15(14)20-3)12(2)16-23(18,19)17-7-9-21-10-8-17/h5-6,11-12,16H,4,7-10H2,1-3H3/t12-/m0/s1. The summed E-state index contributed by atoms with van der Waals surface area (Å²) >= 11 is 0. The van der Waals surface area contributed by atoms with Gasteiger partial charge < -0.3 is 14.2 Å². The minimum atomic E-state index is -3.54. The van der Waals surface area contributed by atoms with E-state index in [0.717, 1.165) is 5.56 Å². The van der Waals surface area contributed by atoms with Crippen molar-refractivity contribution in [3.8, 4) is 11.5 Å². The molecule has 1 heterocycles. The first-order valence-corrected chi connectivity index (χ1v) is 9.07. The summed E-state index contributed by atoms with van der Waals surface area (Å²) in [5.74, 6) is 1.23. The summed E-state index contributed by atoms with van der Waals surface area (Å²) in [5.41, 5.74) is 0.808. The zero-order chi connectivity index (χ0) is 16.9. The van der Waals surface area contributed by atoms with E-state index in [2.05, 4.69) is 4.72 Å². The molecule has 0 saturated carbocycles. The second kappa shape index (κ2) is 7.96. The maximum absolute atomic E-state index is 12.4. The molecule has 7 nitrogen and oxygen atoms in total. The van der Waals surface area contributed by atoms with Crippen LogP contribution >= 0.6 is 0 Å². The van der Waals surface area contributed by atoms with Crippen molar-refractivity contribution >= 4 is 10.2 Å². The second-order valence-electron chi connectivity index (χ2n) is 5.20. The fourth-order valence-electron chi connectivity index (χ4n) is 2.38. The van der Waals surface area contributed by atoms with Crippen LogP contribution in [0.3, 0.4) is 0 Å². The van der Waals surface area contributed by atoms with E-state index in [1.807, 2.05) is 13.0 Å². The van der Waals surface area contributed by atoms with Gasteiger partial charge in [-0.2, -0.15) is 17.4 Å². The minimum absolute atomic E-state index is 0.370. The monoisotopic (exact) mass is 344 g/mol. The Bertz CT molecular complexity index is 614. The molecule has 1 aromatic carbocycles. The fourth-order valence-corrected chi connectivity index (χ4v) is 3.74. The summed E-state index contributed by atoms with van der Waals surface area (Å²) in [7, 11) is -1.98. The van der Waals surface area contributed by atoms with Gasteiger partial charge in [-0.1, -0.05) is 6.07 Å².